The predicted molar refractivity (Wildman–Crippen MR) is 121 cm³/mol. The van der Waals surface area contributed by atoms with Crippen LogP contribution in [-0.4, -0.2) is 34.5 Å². The second-order valence-corrected chi connectivity index (χ2v) is 7.98. The van der Waals surface area contributed by atoms with Crippen LogP contribution in [0.5, 0.6) is 0 Å². The SMILES string of the molecule is Cn1c(C(=O)Nc2ccc(NC(=O)N3CCCCCC3)cc2)c(Cl)c2ccccc21. The number of aryl methyl sites for hydroxylation is 1. The fraction of sp³-hybridized carbons (Fsp3) is 0.304. The van der Waals surface area contributed by atoms with Crippen molar-refractivity contribution in [3.05, 3.63) is 59.2 Å². The van der Waals surface area contributed by atoms with Crippen LogP contribution in [0.15, 0.2) is 48.5 Å². The van der Waals surface area contributed by atoms with E-state index in [1.54, 1.807) is 28.8 Å². The average Bonchev–Trinajstić information content (AvgIpc) is 2.93. The minimum atomic E-state index is -0.278. The van der Waals surface area contributed by atoms with Gasteiger partial charge in [-0.05, 0) is 43.2 Å². The molecule has 0 radical (unpaired) electrons. The number of benzene rings is 2. The lowest BCUT2D eigenvalue weighted by Gasteiger charge is -2.20. The summed E-state index contributed by atoms with van der Waals surface area (Å²) in [4.78, 5) is 27.2. The van der Waals surface area contributed by atoms with Gasteiger partial charge in [-0.25, -0.2) is 4.79 Å². The average molecular weight is 425 g/mol. The molecule has 2 heterocycles. The van der Waals surface area contributed by atoms with E-state index in [-0.39, 0.29) is 11.9 Å². The molecule has 2 aromatic carbocycles. The maximum Gasteiger partial charge on any atom is 0.321 e. The maximum atomic E-state index is 12.8. The second-order valence-electron chi connectivity index (χ2n) is 7.60. The molecule has 1 fully saturated rings. The highest BCUT2D eigenvalue weighted by molar-refractivity contribution is 6.39. The van der Waals surface area contributed by atoms with Crippen molar-refractivity contribution in [2.45, 2.75) is 25.7 Å². The van der Waals surface area contributed by atoms with E-state index in [0.717, 1.165) is 36.8 Å². The van der Waals surface area contributed by atoms with Crippen LogP contribution in [-0.2, 0) is 7.05 Å². The molecule has 6 nitrogen and oxygen atoms in total. The molecule has 156 valence electrons. The number of aromatic nitrogens is 1. The highest BCUT2D eigenvalue weighted by atomic mass is 35.5. The van der Waals surface area contributed by atoms with E-state index < -0.39 is 0 Å². The van der Waals surface area contributed by atoms with Gasteiger partial charge in [-0.1, -0.05) is 42.6 Å². The molecular weight excluding hydrogens is 400 g/mol. The van der Waals surface area contributed by atoms with Gasteiger partial charge >= 0.3 is 6.03 Å². The number of hydrogen-bond donors (Lipinski definition) is 2. The Balaban J connectivity index is 1.43. The number of nitrogens with one attached hydrogen (secondary N) is 2. The molecule has 4 rings (SSSR count). The van der Waals surface area contributed by atoms with E-state index in [2.05, 4.69) is 10.6 Å². The summed E-state index contributed by atoms with van der Waals surface area (Å²) in [7, 11) is 1.82. The van der Waals surface area contributed by atoms with E-state index in [1.807, 2.05) is 36.2 Å². The van der Waals surface area contributed by atoms with Gasteiger partial charge in [0.1, 0.15) is 5.69 Å². The molecule has 0 unspecified atom stereocenters. The fourth-order valence-electron chi connectivity index (χ4n) is 3.90. The Morgan fingerprint density at radius 1 is 0.867 bits per heavy atom. The number of anilines is 2. The van der Waals surface area contributed by atoms with E-state index in [9.17, 15) is 9.59 Å². The van der Waals surface area contributed by atoms with Crippen molar-refractivity contribution in [3.63, 3.8) is 0 Å². The minimum absolute atomic E-state index is 0.0732. The van der Waals surface area contributed by atoms with Gasteiger partial charge in [0.25, 0.3) is 5.91 Å². The van der Waals surface area contributed by atoms with E-state index >= 15 is 0 Å². The van der Waals surface area contributed by atoms with Crippen molar-refractivity contribution in [1.82, 2.24) is 9.47 Å². The van der Waals surface area contributed by atoms with Gasteiger partial charge in [0.05, 0.1) is 5.02 Å². The summed E-state index contributed by atoms with van der Waals surface area (Å²) >= 11 is 6.46. The third-order valence-corrected chi connectivity index (χ3v) is 5.93. The molecule has 7 heteroatoms. The van der Waals surface area contributed by atoms with Gasteiger partial charge in [-0.15, -0.1) is 0 Å². The Labute approximate surface area is 180 Å². The highest BCUT2D eigenvalue weighted by Gasteiger charge is 2.20. The first-order valence-electron chi connectivity index (χ1n) is 10.2. The summed E-state index contributed by atoms with van der Waals surface area (Å²) in [6.45, 7) is 1.59. The lowest BCUT2D eigenvalue weighted by molar-refractivity contribution is 0.102. The van der Waals surface area contributed by atoms with E-state index in [0.29, 0.717) is 22.1 Å². The first-order valence-corrected chi connectivity index (χ1v) is 10.6. The van der Waals surface area contributed by atoms with Crippen LogP contribution in [0.1, 0.15) is 36.2 Å². The first kappa shape index (κ1) is 20.3. The van der Waals surface area contributed by atoms with Crippen LogP contribution in [0.25, 0.3) is 10.9 Å². The molecule has 30 heavy (non-hydrogen) atoms. The summed E-state index contributed by atoms with van der Waals surface area (Å²) in [6.07, 6.45) is 4.46. The largest absolute Gasteiger partial charge is 0.338 e. The summed E-state index contributed by atoms with van der Waals surface area (Å²) in [5, 5.41) is 7.11. The molecule has 0 spiro atoms. The number of carbonyl (C=O) groups excluding carboxylic acids is 2. The van der Waals surface area contributed by atoms with E-state index in [4.69, 9.17) is 11.6 Å². The van der Waals surface area contributed by atoms with Crippen molar-refractivity contribution in [1.29, 1.82) is 0 Å². The Morgan fingerprint density at radius 3 is 2.10 bits per heavy atom. The van der Waals surface area contributed by atoms with Gasteiger partial charge in [-0.3, -0.25) is 4.79 Å². The molecule has 1 saturated heterocycles. The number of rotatable bonds is 3. The summed E-state index contributed by atoms with van der Waals surface area (Å²) in [5.74, 6) is -0.278. The molecular formula is C23H25ClN4O2. The Bertz CT molecular complexity index is 1030. The van der Waals surface area contributed by atoms with Gasteiger partial charge < -0.3 is 20.1 Å². The number of urea groups is 1. The molecule has 2 N–H and O–H groups in total. The standard InChI is InChI=1S/C23H25ClN4O2/c1-27-19-9-5-4-8-18(19)20(24)21(27)22(29)25-16-10-12-17(13-11-16)26-23(30)28-14-6-2-3-7-15-28/h4-5,8-13H,2-3,6-7,14-15H2,1H3,(H,25,29)(H,26,30). The normalized spacial score (nSPS) is 14.4. The van der Waals surface area contributed by atoms with Crippen LogP contribution in [0, 0.1) is 0 Å². The van der Waals surface area contributed by atoms with Gasteiger partial charge in [0.2, 0.25) is 0 Å². The van der Waals surface area contributed by atoms with Crippen LogP contribution < -0.4 is 10.6 Å². The van der Waals surface area contributed by atoms with Gasteiger partial charge in [0.15, 0.2) is 0 Å². The van der Waals surface area contributed by atoms with E-state index in [1.165, 1.54) is 12.8 Å². The molecule has 3 aromatic rings. The Hall–Kier alpha value is -2.99. The van der Waals surface area contributed by atoms with Gasteiger partial charge in [0, 0.05) is 42.4 Å². The molecule has 0 atom stereocenters. The number of likely N-dealkylation sites (tertiary alicyclic amines) is 1. The van der Waals surface area contributed by atoms with Crippen LogP contribution in [0.3, 0.4) is 0 Å². The topological polar surface area (TPSA) is 66.4 Å². The van der Waals surface area contributed by atoms with Crippen molar-refractivity contribution in [2.24, 2.45) is 7.05 Å². The fourth-order valence-corrected chi connectivity index (χ4v) is 4.27. The van der Waals surface area contributed by atoms with Crippen molar-refractivity contribution < 1.29 is 9.59 Å². The summed E-state index contributed by atoms with van der Waals surface area (Å²) in [5.41, 5.74) is 2.65. The molecule has 1 aliphatic rings. The summed E-state index contributed by atoms with van der Waals surface area (Å²) < 4.78 is 1.79. The second kappa shape index (κ2) is 8.79. The highest BCUT2D eigenvalue weighted by Crippen LogP contribution is 2.30. The molecule has 1 aliphatic heterocycles. The quantitative estimate of drug-likeness (QED) is 0.583. The lowest BCUT2D eigenvalue weighted by Crippen LogP contribution is -2.35. The number of fused-ring (bicyclic) bond motifs is 1. The smallest absolute Gasteiger partial charge is 0.321 e. The zero-order valence-electron chi connectivity index (χ0n) is 17.0. The molecule has 1 aromatic heterocycles. The third-order valence-electron chi connectivity index (χ3n) is 5.55. The van der Waals surface area contributed by atoms with Crippen LogP contribution in [0.4, 0.5) is 16.2 Å². The Kier molecular flexibility index (Phi) is 5.95. The number of carbonyl (C=O) groups is 2. The molecule has 0 aliphatic carbocycles. The number of nitrogens with zero attached hydrogens (tertiary/aromatic N) is 2. The number of para-hydroxylation sites is 1. The van der Waals surface area contributed by atoms with Crippen LogP contribution >= 0.6 is 11.6 Å². The minimum Gasteiger partial charge on any atom is -0.338 e. The monoisotopic (exact) mass is 424 g/mol. The van der Waals surface area contributed by atoms with Crippen molar-refractivity contribution in [2.75, 3.05) is 23.7 Å². The van der Waals surface area contributed by atoms with Crippen molar-refractivity contribution in [3.8, 4) is 0 Å². The first-order chi connectivity index (χ1) is 14.5. The molecule has 0 bridgehead atoms. The zero-order valence-corrected chi connectivity index (χ0v) is 17.7. The van der Waals surface area contributed by atoms with Crippen molar-refractivity contribution >= 4 is 45.8 Å². The van der Waals surface area contributed by atoms with Crippen LogP contribution in [0.2, 0.25) is 5.02 Å². The summed E-state index contributed by atoms with van der Waals surface area (Å²) in [6, 6.07) is 14.7. The number of hydrogen-bond acceptors (Lipinski definition) is 2. The molecule has 3 amide bonds. The number of halogens is 1. The van der Waals surface area contributed by atoms with Gasteiger partial charge in [-0.2, -0.15) is 0 Å². The predicted octanol–water partition coefficient (Wildman–Crippen LogP) is 5.49. The molecule has 0 saturated carbocycles. The lowest BCUT2D eigenvalue weighted by atomic mass is 10.2. The Morgan fingerprint density at radius 2 is 1.47 bits per heavy atom. The zero-order chi connectivity index (χ0) is 21.1. The maximum absolute atomic E-state index is 12.8. The third kappa shape index (κ3) is 4.14. The number of amides is 3.